The largest absolute Gasteiger partial charge is 0.352 e. The van der Waals surface area contributed by atoms with E-state index in [0.29, 0.717) is 18.8 Å². The molecule has 5 nitrogen and oxygen atoms in total. The Labute approximate surface area is 142 Å². The van der Waals surface area contributed by atoms with Gasteiger partial charge in [0.1, 0.15) is 11.5 Å². The monoisotopic (exact) mass is 344 g/mol. The number of hydrogen-bond acceptors (Lipinski definition) is 6. The molecule has 1 fully saturated rings. The lowest BCUT2D eigenvalue weighted by Crippen LogP contribution is -2.49. The van der Waals surface area contributed by atoms with Gasteiger partial charge in [-0.15, -0.1) is 11.3 Å². The number of amides is 1. The molecule has 4 rings (SSSR count). The number of nitrogens with zero attached hydrogens (tertiary/aromatic N) is 4. The second-order valence-electron chi connectivity index (χ2n) is 5.53. The molecule has 0 aliphatic carbocycles. The zero-order valence-electron chi connectivity index (χ0n) is 12.7. The maximum Gasteiger partial charge on any atom is 0.273 e. The first kappa shape index (κ1) is 14.6. The summed E-state index contributed by atoms with van der Waals surface area (Å²) in [4.78, 5) is 20.9. The van der Waals surface area contributed by atoms with Crippen molar-refractivity contribution < 1.29 is 4.79 Å². The van der Waals surface area contributed by atoms with Crippen LogP contribution in [0.1, 0.15) is 15.5 Å². The van der Waals surface area contributed by atoms with Gasteiger partial charge in [0.05, 0.1) is 9.71 Å². The van der Waals surface area contributed by atoms with Crippen molar-refractivity contribution in [1.29, 1.82) is 0 Å². The fourth-order valence-corrected chi connectivity index (χ4v) is 4.23. The Balaban J connectivity index is 1.48. The highest BCUT2D eigenvalue weighted by atomic mass is 32.1. The fraction of sp³-hybridized carbons (Fsp3) is 0.312. The molecule has 0 unspecified atom stereocenters. The van der Waals surface area contributed by atoms with Crippen molar-refractivity contribution in [2.75, 3.05) is 31.1 Å². The van der Waals surface area contributed by atoms with Crippen molar-refractivity contribution in [3.05, 3.63) is 40.3 Å². The van der Waals surface area contributed by atoms with Crippen molar-refractivity contribution in [3.63, 3.8) is 0 Å². The molecule has 0 radical (unpaired) electrons. The van der Waals surface area contributed by atoms with Gasteiger partial charge >= 0.3 is 0 Å². The normalized spacial score (nSPS) is 15.3. The molecule has 1 saturated heterocycles. The van der Waals surface area contributed by atoms with Crippen LogP contribution in [0.5, 0.6) is 0 Å². The quantitative estimate of drug-likeness (QED) is 0.717. The number of aromatic nitrogens is 2. The summed E-state index contributed by atoms with van der Waals surface area (Å²) in [6.45, 7) is 4.96. The second kappa shape index (κ2) is 5.90. The molecule has 0 N–H and O–H groups in total. The lowest BCUT2D eigenvalue weighted by atomic mass is 10.2. The van der Waals surface area contributed by atoms with E-state index in [1.54, 1.807) is 0 Å². The maximum absolute atomic E-state index is 12.5. The van der Waals surface area contributed by atoms with Gasteiger partial charge in [-0.1, -0.05) is 12.1 Å². The second-order valence-corrected chi connectivity index (χ2v) is 7.40. The van der Waals surface area contributed by atoms with Crippen LogP contribution in [0.2, 0.25) is 0 Å². The molecular formula is C16H16N4OS2. The van der Waals surface area contributed by atoms with E-state index in [0.717, 1.165) is 23.9 Å². The van der Waals surface area contributed by atoms with E-state index in [1.165, 1.54) is 33.0 Å². The Morgan fingerprint density at radius 2 is 1.96 bits per heavy atom. The van der Waals surface area contributed by atoms with Crippen LogP contribution in [0, 0.1) is 6.92 Å². The van der Waals surface area contributed by atoms with Crippen LogP contribution in [0.3, 0.4) is 0 Å². The highest BCUT2D eigenvalue weighted by Crippen LogP contribution is 2.29. The van der Waals surface area contributed by atoms with E-state index in [4.69, 9.17) is 0 Å². The van der Waals surface area contributed by atoms with E-state index in [1.807, 2.05) is 29.3 Å². The molecule has 23 heavy (non-hydrogen) atoms. The van der Waals surface area contributed by atoms with Gasteiger partial charge in [-0.3, -0.25) is 4.79 Å². The number of benzene rings is 1. The summed E-state index contributed by atoms with van der Waals surface area (Å²) in [7, 11) is 0. The number of fused-ring (bicyclic) bond motifs is 1. The lowest BCUT2D eigenvalue weighted by Gasteiger charge is -2.34. The summed E-state index contributed by atoms with van der Waals surface area (Å²) in [6, 6.07) is 8.30. The van der Waals surface area contributed by atoms with Gasteiger partial charge in [-0.05, 0) is 30.6 Å². The standard InChI is InChI=1S/C16H16N4OS2/c1-11-17-13(10-22-11)16(21)20-8-6-19(7-9-20)15-12-4-2-3-5-14(12)23-18-15/h2-5,10H,6-9H2,1H3. The van der Waals surface area contributed by atoms with E-state index < -0.39 is 0 Å². The molecule has 1 aliphatic heterocycles. The zero-order chi connectivity index (χ0) is 15.8. The Bertz CT molecular complexity index is 849. The maximum atomic E-state index is 12.5. The number of anilines is 1. The number of rotatable bonds is 2. The highest BCUT2D eigenvalue weighted by Gasteiger charge is 2.25. The fourth-order valence-electron chi connectivity index (χ4n) is 2.85. The molecule has 118 valence electrons. The van der Waals surface area contributed by atoms with Crippen molar-refractivity contribution >= 4 is 44.7 Å². The number of piperazine rings is 1. The van der Waals surface area contributed by atoms with E-state index in [9.17, 15) is 4.79 Å². The third-order valence-electron chi connectivity index (χ3n) is 4.06. The minimum atomic E-state index is 0.0390. The molecule has 0 bridgehead atoms. The Morgan fingerprint density at radius 3 is 2.70 bits per heavy atom. The molecule has 1 amide bonds. The third kappa shape index (κ3) is 2.70. The van der Waals surface area contributed by atoms with Gasteiger partial charge in [0.2, 0.25) is 0 Å². The highest BCUT2D eigenvalue weighted by molar-refractivity contribution is 7.13. The van der Waals surface area contributed by atoms with E-state index >= 15 is 0 Å². The Kier molecular flexibility index (Phi) is 3.74. The van der Waals surface area contributed by atoms with Crippen LogP contribution in [0.15, 0.2) is 29.6 Å². The van der Waals surface area contributed by atoms with Crippen molar-refractivity contribution in [2.24, 2.45) is 0 Å². The average molecular weight is 344 g/mol. The van der Waals surface area contributed by atoms with Crippen LogP contribution in [-0.4, -0.2) is 46.3 Å². The first-order valence-electron chi connectivity index (χ1n) is 7.53. The van der Waals surface area contributed by atoms with Crippen LogP contribution in [0.25, 0.3) is 10.1 Å². The molecule has 3 aromatic rings. The molecule has 0 atom stereocenters. The van der Waals surface area contributed by atoms with Gasteiger partial charge < -0.3 is 9.80 Å². The summed E-state index contributed by atoms with van der Waals surface area (Å²) >= 11 is 3.05. The molecule has 1 aliphatic rings. The Hall–Kier alpha value is -1.99. The summed E-state index contributed by atoms with van der Waals surface area (Å²) in [6.07, 6.45) is 0. The van der Waals surface area contributed by atoms with E-state index in [-0.39, 0.29) is 5.91 Å². The summed E-state index contributed by atoms with van der Waals surface area (Å²) in [5.74, 6) is 1.08. The minimum Gasteiger partial charge on any atom is -0.352 e. The number of thiazole rings is 1. The van der Waals surface area contributed by atoms with Crippen LogP contribution < -0.4 is 4.90 Å². The van der Waals surface area contributed by atoms with E-state index in [2.05, 4.69) is 26.4 Å². The molecule has 0 spiro atoms. The van der Waals surface area contributed by atoms with Crippen LogP contribution in [-0.2, 0) is 0 Å². The van der Waals surface area contributed by atoms with Crippen molar-refractivity contribution in [1.82, 2.24) is 14.3 Å². The lowest BCUT2D eigenvalue weighted by molar-refractivity contribution is 0.0741. The molecular weight excluding hydrogens is 328 g/mol. The first-order chi connectivity index (χ1) is 11.2. The van der Waals surface area contributed by atoms with Gasteiger partial charge in [0.25, 0.3) is 5.91 Å². The summed E-state index contributed by atoms with van der Waals surface area (Å²) in [5, 5.41) is 3.98. The SMILES string of the molecule is Cc1nc(C(=O)N2CCN(c3nsc4ccccc34)CC2)cs1. The van der Waals surface area contributed by atoms with Crippen molar-refractivity contribution in [3.8, 4) is 0 Å². The Morgan fingerprint density at radius 1 is 1.17 bits per heavy atom. The number of hydrogen-bond donors (Lipinski definition) is 0. The summed E-state index contributed by atoms with van der Waals surface area (Å²) in [5.41, 5.74) is 0.569. The van der Waals surface area contributed by atoms with Gasteiger partial charge in [-0.2, -0.15) is 4.37 Å². The van der Waals surface area contributed by atoms with Gasteiger partial charge in [0, 0.05) is 36.9 Å². The minimum absolute atomic E-state index is 0.0390. The molecule has 1 aromatic carbocycles. The number of aryl methyl sites for hydroxylation is 1. The van der Waals surface area contributed by atoms with Crippen molar-refractivity contribution in [2.45, 2.75) is 6.92 Å². The first-order valence-corrected chi connectivity index (χ1v) is 9.18. The number of carbonyl (C=O) groups excluding carboxylic acids is 1. The predicted molar refractivity (Wildman–Crippen MR) is 94.6 cm³/mol. The molecule has 0 saturated carbocycles. The smallest absolute Gasteiger partial charge is 0.273 e. The van der Waals surface area contributed by atoms with Gasteiger partial charge in [0.15, 0.2) is 0 Å². The zero-order valence-corrected chi connectivity index (χ0v) is 14.4. The van der Waals surface area contributed by atoms with Gasteiger partial charge in [-0.25, -0.2) is 4.98 Å². The third-order valence-corrected chi connectivity index (χ3v) is 5.65. The van der Waals surface area contributed by atoms with Crippen LogP contribution in [0.4, 0.5) is 5.82 Å². The summed E-state index contributed by atoms with van der Waals surface area (Å²) < 4.78 is 5.81. The number of carbonyl (C=O) groups is 1. The predicted octanol–water partition coefficient (Wildman–Crippen LogP) is 3.02. The molecule has 7 heteroatoms. The molecule has 3 heterocycles. The van der Waals surface area contributed by atoms with Crippen LogP contribution >= 0.6 is 22.9 Å². The molecule has 2 aromatic heterocycles. The average Bonchev–Trinajstić information content (AvgIpc) is 3.21. The topological polar surface area (TPSA) is 49.3 Å².